The molecule has 0 saturated carbocycles. The van der Waals surface area contributed by atoms with E-state index in [2.05, 4.69) is 39.1 Å². The number of H-pyrrole nitrogens is 1. The summed E-state index contributed by atoms with van der Waals surface area (Å²) in [4.78, 5) is 53.8. The molecule has 0 fully saturated rings. The highest BCUT2D eigenvalue weighted by Crippen LogP contribution is 2.39. The second kappa shape index (κ2) is 18.6. The molecule has 3 amide bonds. The van der Waals surface area contributed by atoms with Gasteiger partial charge in [-0.25, -0.2) is 4.98 Å². The molecule has 0 bridgehead atoms. The summed E-state index contributed by atoms with van der Waals surface area (Å²) < 4.78 is 0. The molecule has 10 nitrogen and oxygen atoms in total. The Labute approximate surface area is 346 Å². The van der Waals surface area contributed by atoms with E-state index in [0.29, 0.717) is 64.3 Å². The molecular weight excluding hydrogens is 778 g/mol. The quantitative estimate of drug-likeness (QED) is 0.102. The number of fused-ring (bicyclic) bond motifs is 4. The lowest BCUT2D eigenvalue weighted by Crippen LogP contribution is -2.57. The van der Waals surface area contributed by atoms with Crippen LogP contribution in [0.25, 0.3) is 21.7 Å². The third-order valence-corrected chi connectivity index (χ3v) is 12.3. The van der Waals surface area contributed by atoms with Gasteiger partial charge in [-0.05, 0) is 89.5 Å². The average Bonchev–Trinajstić information content (AvgIpc) is 3.63. The Bertz CT molecular complexity index is 2410. The van der Waals surface area contributed by atoms with E-state index in [-0.39, 0.29) is 30.7 Å². The van der Waals surface area contributed by atoms with Gasteiger partial charge in [-0.2, -0.15) is 0 Å². The van der Waals surface area contributed by atoms with Crippen LogP contribution in [0.4, 0.5) is 0 Å². The summed E-state index contributed by atoms with van der Waals surface area (Å²) in [6, 6.07) is 26.8. The van der Waals surface area contributed by atoms with Crippen LogP contribution in [0.5, 0.6) is 0 Å². The molecule has 3 heterocycles. The number of unbranched alkanes of at least 4 members (excludes halogenated alkanes) is 1. The number of hydrogen-bond acceptors (Lipinski definition) is 7. The Hall–Kier alpha value is -4.91. The van der Waals surface area contributed by atoms with Crippen molar-refractivity contribution in [3.05, 3.63) is 136 Å². The molecule has 57 heavy (non-hydrogen) atoms. The summed E-state index contributed by atoms with van der Waals surface area (Å²) in [7, 11) is 1.63. The lowest BCUT2D eigenvalue weighted by atomic mass is 9.99. The van der Waals surface area contributed by atoms with Crippen LogP contribution in [0.15, 0.2) is 113 Å². The molecule has 0 saturated heterocycles. The molecule has 0 unspecified atom stereocenters. The molecule has 294 valence electrons. The van der Waals surface area contributed by atoms with E-state index in [4.69, 9.17) is 33.9 Å². The smallest absolute Gasteiger partial charge is 0.245 e. The van der Waals surface area contributed by atoms with Gasteiger partial charge in [-0.3, -0.25) is 14.4 Å². The van der Waals surface area contributed by atoms with Gasteiger partial charge >= 0.3 is 0 Å². The van der Waals surface area contributed by atoms with Crippen LogP contribution in [-0.4, -0.2) is 64.3 Å². The summed E-state index contributed by atoms with van der Waals surface area (Å²) in [6.45, 7) is 0.847. The second-order valence-corrected chi connectivity index (χ2v) is 16.2. The van der Waals surface area contributed by atoms with Gasteiger partial charge in [-0.1, -0.05) is 102 Å². The number of amides is 3. The minimum absolute atomic E-state index is 0.0960. The Kier molecular flexibility index (Phi) is 13.1. The number of nitrogens with two attached hydrogens (primary N) is 1. The number of carbonyl (C=O) groups is 3. The molecule has 0 aliphatic carbocycles. The zero-order valence-corrected chi connectivity index (χ0v) is 33.9. The van der Waals surface area contributed by atoms with Crippen LogP contribution in [0, 0.1) is 0 Å². The molecule has 0 radical (unpaired) electrons. The number of pyridine rings is 1. The average molecular weight is 823 g/mol. The van der Waals surface area contributed by atoms with Gasteiger partial charge in [0.25, 0.3) is 0 Å². The first-order valence-electron chi connectivity index (χ1n) is 19.1. The molecule has 7 rings (SSSR count). The van der Waals surface area contributed by atoms with Crippen molar-refractivity contribution in [3.8, 4) is 0 Å². The fourth-order valence-electron chi connectivity index (χ4n) is 7.34. The molecule has 6 N–H and O–H groups in total. The van der Waals surface area contributed by atoms with Gasteiger partial charge in [-0.15, -0.1) is 0 Å². The summed E-state index contributed by atoms with van der Waals surface area (Å²) in [5, 5.41) is 14.3. The van der Waals surface area contributed by atoms with E-state index in [0.717, 1.165) is 38.4 Å². The first kappa shape index (κ1) is 40.3. The molecule has 4 aromatic carbocycles. The number of benzene rings is 4. The maximum Gasteiger partial charge on any atom is 0.245 e. The summed E-state index contributed by atoms with van der Waals surface area (Å²) in [6.07, 6.45) is 5.80. The third kappa shape index (κ3) is 9.63. The Balaban J connectivity index is 1.29. The van der Waals surface area contributed by atoms with Gasteiger partial charge in [0.05, 0.1) is 11.1 Å². The maximum absolute atomic E-state index is 14.7. The highest BCUT2D eigenvalue weighted by atomic mass is 35.5. The van der Waals surface area contributed by atoms with Crippen molar-refractivity contribution in [1.29, 1.82) is 0 Å². The number of hydrogen-bond donors (Lipinski definition) is 5. The van der Waals surface area contributed by atoms with Crippen molar-refractivity contribution >= 4 is 74.4 Å². The zero-order chi connectivity index (χ0) is 39.9. The predicted octanol–water partition coefficient (Wildman–Crippen LogP) is 7.19. The van der Waals surface area contributed by atoms with E-state index >= 15 is 0 Å². The first-order chi connectivity index (χ1) is 27.7. The summed E-state index contributed by atoms with van der Waals surface area (Å²) >= 11 is 14.8. The van der Waals surface area contributed by atoms with Gasteiger partial charge in [0.2, 0.25) is 17.7 Å². The van der Waals surface area contributed by atoms with Crippen LogP contribution < -0.4 is 21.7 Å². The molecule has 3 atom stereocenters. The minimum atomic E-state index is -0.930. The summed E-state index contributed by atoms with van der Waals surface area (Å²) in [5.41, 5.74) is 10.2. The highest BCUT2D eigenvalue weighted by Gasteiger charge is 2.34. The van der Waals surface area contributed by atoms with Crippen LogP contribution >= 0.6 is 35.0 Å². The molecule has 6 aromatic rings. The molecule has 1 aliphatic rings. The fourth-order valence-corrected chi connectivity index (χ4v) is 8.98. The topological polar surface area (TPSA) is 145 Å². The normalized spacial score (nSPS) is 18.5. The van der Waals surface area contributed by atoms with Crippen LogP contribution in [-0.2, 0) is 40.3 Å². The highest BCUT2D eigenvalue weighted by molar-refractivity contribution is 7.99. The second-order valence-electron chi connectivity index (χ2n) is 14.4. The van der Waals surface area contributed by atoms with Crippen molar-refractivity contribution in [2.75, 3.05) is 13.6 Å². The molecule has 0 spiro atoms. The number of halogens is 2. The van der Waals surface area contributed by atoms with Crippen molar-refractivity contribution in [2.45, 2.75) is 73.2 Å². The Morgan fingerprint density at radius 2 is 1.65 bits per heavy atom. The molecule has 13 heteroatoms. The number of likely N-dealkylation sites (N-methyl/N-ethyl adjacent to an activating group) is 1. The first-order valence-corrected chi connectivity index (χ1v) is 20.7. The maximum atomic E-state index is 14.7. The van der Waals surface area contributed by atoms with Crippen molar-refractivity contribution in [2.24, 2.45) is 5.73 Å². The van der Waals surface area contributed by atoms with Gasteiger partial charge < -0.3 is 31.6 Å². The van der Waals surface area contributed by atoms with E-state index in [1.165, 1.54) is 16.7 Å². The van der Waals surface area contributed by atoms with Crippen molar-refractivity contribution in [3.63, 3.8) is 0 Å². The number of nitrogens with zero attached hydrogens (tertiary/aromatic N) is 2. The molecule has 2 aromatic heterocycles. The summed E-state index contributed by atoms with van der Waals surface area (Å²) in [5.74, 6) is -1.06. The van der Waals surface area contributed by atoms with Gasteiger partial charge in [0, 0.05) is 59.8 Å². The lowest BCUT2D eigenvalue weighted by Gasteiger charge is -2.32. The van der Waals surface area contributed by atoms with Crippen LogP contribution in [0.3, 0.4) is 0 Å². The monoisotopic (exact) mass is 821 g/mol. The Morgan fingerprint density at radius 1 is 0.842 bits per heavy atom. The largest absolute Gasteiger partial charge is 0.361 e. The van der Waals surface area contributed by atoms with Crippen molar-refractivity contribution in [1.82, 2.24) is 30.8 Å². The van der Waals surface area contributed by atoms with Gasteiger partial charge in [0.1, 0.15) is 17.1 Å². The van der Waals surface area contributed by atoms with Crippen LogP contribution in [0.1, 0.15) is 41.5 Å². The minimum Gasteiger partial charge on any atom is -0.361 e. The molecule has 1 aliphatic heterocycles. The molecular formula is C44H45Cl2N7O3S. The predicted molar refractivity (Wildman–Crippen MR) is 228 cm³/mol. The van der Waals surface area contributed by atoms with E-state index in [1.807, 2.05) is 66.9 Å². The van der Waals surface area contributed by atoms with Crippen molar-refractivity contribution < 1.29 is 14.4 Å². The SMILES string of the molecule is CN1C(=O)[C@H](CCCCN)NC(=O)[C@H](Cc2ccc3ccccc3c2)NCc2cccnc2Sc2c(Cl)cc(Cl)cc2CNC(=O)[C@@H]1Cc1c[nH]c2ccccc12. The number of aromatic nitrogens is 2. The zero-order valence-electron chi connectivity index (χ0n) is 31.6. The number of aromatic amines is 1. The standard InChI is InChI=1S/C44H45Cl2N7O3S/c1-53-39(22-31-25-49-36-13-5-4-12-34(31)36)42(55)51-26-32-21-33(45)23-35(46)40(32)57-43-30(11-8-18-48-43)24-50-38(41(54)52-37(44(53)56)14-6-7-17-47)20-27-15-16-28-9-2-3-10-29(28)19-27/h2-5,8-13,15-16,18-19,21,23,25,37-39,49-50H,6-7,14,17,20,22,24,26,47H2,1H3,(H,51,55)(H,52,54)/t37-,38-,39-/m0/s1. The fraction of sp³-hybridized carbons (Fsp3) is 0.273. The van der Waals surface area contributed by atoms with E-state index in [9.17, 15) is 14.4 Å². The number of para-hydroxylation sites is 1. The Morgan fingerprint density at radius 3 is 2.49 bits per heavy atom. The van der Waals surface area contributed by atoms with Gasteiger partial charge in [0.15, 0.2) is 0 Å². The number of rotatable bonds is 8. The third-order valence-electron chi connectivity index (χ3n) is 10.5. The van der Waals surface area contributed by atoms with E-state index in [1.54, 1.807) is 25.4 Å². The lowest BCUT2D eigenvalue weighted by molar-refractivity contribution is -0.142. The number of carbonyl (C=O) groups excluding carboxylic acids is 3. The van der Waals surface area contributed by atoms with Crippen LogP contribution in [0.2, 0.25) is 10.0 Å². The number of nitrogens with one attached hydrogen (secondary N) is 4. The van der Waals surface area contributed by atoms with E-state index < -0.39 is 18.1 Å².